The minimum absolute atomic E-state index is 0.0335. The first-order valence-corrected chi connectivity index (χ1v) is 7.77. The highest BCUT2D eigenvalue weighted by Crippen LogP contribution is 2.27. The zero-order valence-corrected chi connectivity index (χ0v) is 13.1. The summed E-state index contributed by atoms with van der Waals surface area (Å²) in [6, 6.07) is 7.49. The van der Waals surface area contributed by atoms with Crippen molar-refractivity contribution in [2.24, 2.45) is 5.92 Å². The fourth-order valence-corrected chi connectivity index (χ4v) is 2.19. The molecule has 23 heavy (non-hydrogen) atoms. The number of aromatic nitrogens is 2. The second-order valence-electron chi connectivity index (χ2n) is 5.73. The van der Waals surface area contributed by atoms with Crippen molar-refractivity contribution in [1.82, 2.24) is 15.3 Å². The minimum atomic E-state index is -0.0335. The van der Waals surface area contributed by atoms with E-state index < -0.39 is 0 Å². The van der Waals surface area contributed by atoms with Gasteiger partial charge in [-0.15, -0.1) is 0 Å². The van der Waals surface area contributed by atoms with Gasteiger partial charge in [0.1, 0.15) is 5.75 Å². The quantitative estimate of drug-likeness (QED) is 0.821. The summed E-state index contributed by atoms with van der Waals surface area (Å²) in [6.07, 6.45) is 5.80. The number of ether oxygens (including phenoxy) is 1. The molecule has 1 heterocycles. The van der Waals surface area contributed by atoms with Gasteiger partial charge in [0, 0.05) is 18.1 Å². The molecule has 2 aromatic rings. The highest BCUT2D eigenvalue weighted by molar-refractivity contribution is 5.93. The van der Waals surface area contributed by atoms with E-state index >= 15 is 0 Å². The molecule has 120 valence electrons. The van der Waals surface area contributed by atoms with Crippen molar-refractivity contribution in [2.45, 2.75) is 19.8 Å². The van der Waals surface area contributed by atoms with Gasteiger partial charge in [-0.05, 0) is 62.1 Å². The van der Waals surface area contributed by atoms with Crippen LogP contribution < -0.4 is 15.4 Å². The van der Waals surface area contributed by atoms with Crippen LogP contribution in [0.4, 0.5) is 5.69 Å². The van der Waals surface area contributed by atoms with Crippen LogP contribution in [0.5, 0.6) is 11.8 Å². The average molecular weight is 312 g/mol. The summed E-state index contributed by atoms with van der Waals surface area (Å²) in [5, 5.41) is 6.08. The van der Waals surface area contributed by atoms with E-state index in [0.29, 0.717) is 18.3 Å². The smallest absolute Gasteiger partial charge is 0.321 e. The van der Waals surface area contributed by atoms with Crippen molar-refractivity contribution in [3.63, 3.8) is 0 Å². The molecule has 0 spiro atoms. The molecule has 1 saturated carbocycles. The zero-order valence-electron chi connectivity index (χ0n) is 13.1. The van der Waals surface area contributed by atoms with Crippen molar-refractivity contribution in [2.75, 3.05) is 18.4 Å². The third-order valence-corrected chi connectivity index (χ3v) is 3.64. The zero-order chi connectivity index (χ0) is 16.1. The molecule has 1 fully saturated rings. The van der Waals surface area contributed by atoms with Gasteiger partial charge in [0.15, 0.2) is 0 Å². The fourth-order valence-electron chi connectivity index (χ4n) is 2.19. The Morgan fingerprint density at radius 1 is 1.30 bits per heavy atom. The van der Waals surface area contributed by atoms with E-state index in [1.807, 2.05) is 19.1 Å². The molecule has 2 N–H and O–H groups in total. The van der Waals surface area contributed by atoms with E-state index in [2.05, 4.69) is 20.6 Å². The molecule has 0 bridgehead atoms. The first kappa shape index (κ1) is 15.4. The Hall–Kier alpha value is -2.47. The monoisotopic (exact) mass is 312 g/mol. The van der Waals surface area contributed by atoms with Gasteiger partial charge in [-0.3, -0.25) is 4.79 Å². The first-order chi connectivity index (χ1) is 11.2. The van der Waals surface area contributed by atoms with Gasteiger partial charge in [0.2, 0.25) is 5.91 Å². The number of carbonyl (C=O) groups excluding carboxylic acids is 1. The van der Waals surface area contributed by atoms with E-state index in [1.54, 1.807) is 24.5 Å². The Kier molecular flexibility index (Phi) is 4.83. The van der Waals surface area contributed by atoms with Crippen LogP contribution in [0.2, 0.25) is 0 Å². The predicted molar refractivity (Wildman–Crippen MR) is 87.5 cm³/mol. The molecular weight excluding hydrogens is 292 g/mol. The van der Waals surface area contributed by atoms with Gasteiger partial charge in [-0.25, -0.2) is 9.97 Å². The van der Waals surface area contributed by atoms with Crippen molar-refractivity contribution in [3.8, 4) is 11.8 Å². The van der Waals surface area contributed by atoms with Crippen LogP contribution in [0, 0.1) is 12.8 Å². The highest BCUT2D eigenvalue weighted by atomic mass is 16.5. The number of hydrogen-bond donors (Lipinski definition) is 2. The molecule has 1 amide bonds. The number of hydrogen-bond acceptors (Lipinski definition) is 5. The molecule has 0 atom stereocenters. The summed E-state index contributed by atoms with van der Waals surface area (Å²) >= 11 is 0. The lowest BCUT2D eigenvalue weighted by Gasteiger charge is -2.11. The van der Waals surface area contributed by atoms with Gasteiger partial charge in [-0.2, -0.15) is 0 Å². The molecule has 0 unspecified atom stereocenters. The summed E-state index contributed by atoms with van der Waals surface area (Å²) in [5.74, 6) is 1.37. The standard InChI is InChI=1S/C17H20N4O2/c1-12-9-14(23-17-19-7-2-8-20-17)5-6-15(12)21-16(22)11-18-10-13-3-4-13/h2,5-9,13,18H,3-4,10-11H2,1H3,(H,21,22). The van der Waals surface area contributed by atoms with Crippen molar-refractivity contribution in [1.29, 1.82) is 0 Å². The molecule has 1 aliphatic carbocycles. The SMILES string of the molecule is Cc1cc(Oc2ncccn2)ccc1NC(=O)CNCC1CC1. The largest absolute Gasteiger partial charge is 0.424 e. The van der Waals surface area contributed by atoms with Gasteiger partial charge in [-0.1, -0.05) is 0 Å². The van der Waals surface area contributed by atoms with E-state index in [9.17, 15) is 4.79 Å². The minimum Gasteiger partial charge on any atom is -0.424 e. The molecule has 1 aliphatic rings. The second kappa shape index (κ2) is 7.19. The molecule has 1 aromatic heterocycles. The number of anilines is 1. The first-order valence-electron chi connectivity index (χ1n) is 7.77. The maximum atomic E-state index is 11.9. The molecule has 0 aliphatic heterocycles. The van der Waals surface area contributed by atoms with E-state index in [1.165, 1.54) is 12.8 Å². The van der Waals surface area contributed by atoms with Gasteiger partial charge < -0.3 is 15.4 Å². The lowest BCUT2D eigenvalue weighted by molar-refractivity contribution is -0.115. The highest BCUT2D eigenvalue weighted by Gasteiger charge is 2.20. The number of benzene rings is 1. The van der Waals surface area contributed by atoms with E-state index in [-0.39, 0.29) is 5.91 Å². The van der Waals surface area contributed by atoms with Crippen molar-refractivity contribution >= 4 is 11.6 Å². The van der Waals surface area contributed by atoms with Crippen LogP contribution in [0.3, 0.4) is 0 Å². The second-order valence-corrected chi connectivity index (χ2v) is 5.73. The van der Waals surface area contributed by atoms with Gasteiger partial charge >= 0.3 is 6.01 Å². The maximum Gasteiger partial charge on any atom is 0.321 e. The summed E-state index contributed by atoms with van der Waals surface area (Å²) in [4.78, 5) is 19.9. The average Bonchev–Trinajstić information content (AvgIpc) is 3.35. The number of aryl methyl sites for hydroxylation is 1. The summed E-state index contributed by atoms with van der Waals surface area (Å²) in [7, 11) is 0. The van der Waals surface area contributed by atoms with Crippen LogP contribution in [0.25, 0.3) is 0 Å². The van der Waals surface area contributed by atoms with Crippen LogP contribution in [0.15, 0.2) is 36.7 Å². The van der Waals surface area contributed by atoms with Crippen LogP contribution in [-0.2, 0) is 4.79 Å². The Morgan fingerprint density at radius 3 is 2.78 bits per heavy atom. The Labute approximate surface area is 135 Å². The third-order valence-electron chi connectivity index (χ3n) is 3.64. The van der Waals surface area contributed by atoms with E-state index in [4.69, 9.17) is 4.74 Å². The fraction of sp³-hybridized carbons (Fsp3) is 0.353. The maximum absolute atomic E-state index is 11.9. The lowest BCUT2D eigenvalue weighted by Crippen LogP contribution is -2.29. The summed E-state index contributed by atoms with van der Waals surface area (Å²) in [6.45, 7) is 3.19. The third kappa shape index (κ3) is 4.75. The normalized spacial score (nSPS) is 13.6. The Morgan fingerprint density at radius 2 is 2.09 bits per heavy atom. The van der Waals surface area contributed by atoms with Gasteiger partial charge in [0.25, 0.3) is 0 Å². The number of nitrogens with one attached hydrogen (secondary N) is 2. The molecular formula is C17H20N4O2. The molecule has 1 aromatic carbocycles. The van der Waals surface area contributed by atoms with Gasteiger partial charge in [0.05, 0.1) is 6.54 Å². The molecule has 3 rings (SSSR count). The Balaban J connectivity index is 1.54. The molecule has 6 heteroatoms. The topological polar surface area (TPSA) is 76.1 Å². The Bertz CT molecular complexity index is 672. The molecule has 0 saturated heterocycles. The van der Waals surface area contributed by atoms with Crippen LogP contribution in [0.1, 0.15) is 18.4 Å². The van der Waals surface area contributed by atoms with Crippen LogP contribution >= 0.6 is 0 Å². The number of carbonyl (C=O) groups is 1. The number of rotatable bonds is 7. The molecule has 0 radical (unpaired) electrons. The lowest BCUT2D eigenvalue weighted by atomic mass is 10.2. The summed E-state index contributed by atoms with van der Waals surface area (Å²) in [5.41, 5.74) is 1.71. The van der Waals surface area contributed by atoms with Crippen molar-refractivity contribution < 1.29 is 9.53 Å². The molecule has 6 nitrogen and oxygen atoms in total. The number of nitrogens with zero attached hydrogens (tertiary/aromatic N) is 2. The predicted octanol–water partition coefficient (Wildman–Crippen LogP) is 2.52. The number of amides is 1. The van der Waals surface area contributed by atoms with Crippen molar-refractivity contribution in [3.05, 3.63) is 42.2 Å². The van der Waals surface area contributed by atoms with Crippen LogP contribution in [-0.4, -0.2) is 29.0 Å². The summed E-state index contributed by atoms with van der Waals surface area (Å²) < 4.78 is 5.57. The van der Waals surface area contributed by atoms with E-state index in [0.717, 1.165) is 23.7 Å².